The summed E-state index contributed by atoms with van der Waals surface area (Å²) in [7, 11) is 0. The van der Waals surface area contributed by atoms with E-state index in [1.54, 1.807) is 0 Å². The SMILES string of the molecule is CC(C)N1CC[N]CC1. The van der Waals surface area contributed by atoms with Gasteiger partial charge < -0.3 is 0 Å². The third-order valence-electron chi connectivity index (χ3n) is 1.82. The fraction of sp³-hybridized carbons (Fsp3) is 1.00. The predicted molar refractivity (Wildman–Crippen MR) is 38.6 cm³/mol. The minimum Gasteiger partial charge on any atom is -0.298 e. The summed E-state index contributed by atoms with van der Waals surface area (Å²) in [5.74, 6) is 0. The van der Waals surface area contributed by atoms with Crippen LogP contribution in [-0.2, 0) is 0 Å². The highest BCUT2D eigenvalue weighted by molar-refractivity contribution is 4.69. The van der Waals surface area contributed by atoms with Crippen molar-refractivity contribution in [2.24, 2.45) is 0 Å². The van der Waals surface area contributed by atoms with Crippen molar-refractivity contribution < 1.29 is 0 Å². The minimum absolute atomic E-state index is 0.709. The van der Waals surface area contributed by atoms with Crippen LogP contribution in [0.15, 0.2) is 0 Å². The zero-order valence-corrected chi connectivity index (χ0v) is 6.30. The fourth-order valence-corrected chi connectivity index (χ4v) is 1.14. The topological polar surface area (TPSA) is 17.3 Å². The van der Waals surface area contributed by atoms with E-state index in [9.17, 15) is 0 Å². The average Bonchev–Trinajstić information content (AvgIpc) is 1.90. The van der Waals surface area contributed by atoms with Crippen molar-refractivity contribution in [2.75, 3.05) is 26.2 Å². The van der Waals surface area contributed by atoms with E-state index in [-0.39, 0.29) is 0 Å². The summed E-state index contributed by atoms with van der Waals surface area (Å²) in [6, 6.07) is 0.709. The summed E-state index contributed by atoms with van der Waals surface area (Å²) >= 11 is 0. The molecule has 0 bridgehead atoms. The number of piperazine rings is 1. The number of hydrogen-bond donors (Lipinski definition) is 0. The maximum absolute atomic E-state index is 4.27. The molecule has 9 heavy (non-hydrogen) atoms. The lowest BCUT2D eigenvalue weighted by molar-refractivity contribution is 0.194. The van der Waals surface area contributed by atoms with E-state index in [1.165, 1.54) is 0 Å². The Labute approximate surface area is 57.2 Å². The van der Waals surface area contributed by atoms with E-state index in [4.69, 9.17) is 0 Å². The molecule has 0 aromatic rings. The van der Waals surface area contributed by atoms with Crippen LogP contribution in [0.5, 0.6) is 0 Å². The van der Waals surface area contributed by atoms with Crippen LogP contribution in [0.2, 0.25) is 0 Å². The van der Waals surface area contributed by atoms with Gasteiger partial charge in [-0.2, -0.15) is 0 Å². The van der Waals surface area contributed by atoms with Gasteiger partial charge in [-0.05, 0) is 13.8 Å². The van der Waals surface area contributed by atoms with Crippen LogP contribution in [0.1, 0.15) is 13.8 Å². The van der Waals surface area contributed by atoms with Crippen molar-refractivity contribution >= 4 is 0 Å². The Bertz CT molecular complexity index is 75.0. The van der Waals surface area contributed by atoms with Gasteiger partial charge in [0.2, 0.25) is 0 Å². The molecule has 0 N–H and O–H groups in total. The molecule has 0 aromatic heterocycles. The van der Waals surface area contributed by atoms with Crippen LogP contribution in [0.3, 0.4) is 0 Å². The van der Waals surface area contributed by atoms with E-state index < -0.39 is 0 Å². The highest BCUT2D eigenvalue weighted by Gasteiger charge is 2.11. The van der Waals surface area contributed by atoms with E-state index in [0.29, 0.717) is 6.04 Å². The predicted octanol–water partition coefficient (Wildman–Crippen LogP) is 0.315. The lowest BCUT2D eigenvalue weighted by Gasteiger charge is -2.29. The van der Waals surface area contributed by atoms with Crippen molar-refractivity contribution in [1.82, 2.24) is 10.2 Å². The van der Waals surface area contributed by atoms with Crippen molar-refractivity contribution in [3.63, 3.8) is 0 Å². The molecule has 0 atom stereocenters. The van der Waals surface area contributed by atoms with Gasteiger partial charge in [-0.3, -0.25) is 4.90 Å². The Morgan fingerprint density at radius 1 is 1.22 bits per heavy atom. The number of rotatable bonds is 1. The van der Waals surface area contributed by atoms with E-state index >= 15 is 0 Å². The maximum Gasteiger partial charge on any atom is 0.0261 e. The van der Waals surface area contributed by atoms with Crippen molar-refractivity contribution in [3.8, 4) is 0 Å². The second-order valence-corrected chi connectivity index (χ2v) is 2.80. The zero-order chi connectivity index (χ0) is 6.69. The molecule has 1 saturated heterocycles. The Morgan fingerprint density at radius 3 is 2.11 bits per heavy atom. The standard InChI is InChI=1S/C7H15N2/c1-7(2)9-5-3-8-4-6-9/h7H,3-6H2,1-2H3. The monoisotopic (exact) mass is 127 g/mol. The van der Waals surface area contributed by atoms with Gasteiger partial charge in [-0.25, -0.2) is 5.32 Å². The molecule has 0 amide bonds. The van der Waals surface area contributed by atoms with Crippen LogP contribution in [0.4, 0.5) is 0 Å². The summed E-state index contributed by atoms with van der Waals surface area (Å²) in [6.45, 7) is 8.89. The van der Waals surface area contributed by atoms with E-state index in [1.807, 2.05) is 0 Å². The van der Waals surface area contributed by atoms with Gasteiger partial charge >= 0.3 is 0 Å². The first-order valence-electron chi connectivity index (χ1n) is 3.68. The third-order valence-corrected chi connectivity index (χ3v) is 1.82. The molecule has 1 aliphatic rings. The third kappa shape index (κ3) is 1.95. The van der Waals surface area contributed by atoms with Gasteiger partial charge in [0.1, 0.15) is 0 Å². The van der Waals surface area contributed by atoms with Gasteiger partial charge in [0.15, 0.2) is 0 Å². The molecule has 0 aromatic carbocycles. The van der Waals surface area contributed by atoms with Gasteiger partial charge in [-0.15, -0.1) is 0 Å². The molecule has 2 heteroatoms. The molecule has 1 radical (unpaired) electrons. The molecular weight excluding hydrogens is 112 g/mol. The summed E-state index contributed by atoms with van der Waals surface area (Å²) < 4.78 is 0. The second-order valence-electron chi connectivity index (χ2n) is 2.80. The summed E-state index contributed by atoms with van der Waals surface area (Å²) in [5, 5.41) is 4.27. The minimum atomic E-state index is 0.709. The Hall–Kier alpha value is -0.0800. The molecule has 1 aliphatic heterocycles. The van der Waals surface area contributed by atoms with Gasteiger partial charge in [0.05, 0.1) is 0 Å². The molecule has 1 fully saturated rings. The molecule has 53 valence electrons. The maximum atomic E-state index is 4.27. The number of nitrogens with zero attached hydrogens (tertiary/aromatic N) is 2. The van der Waals surface area contributed by atoms with Crippen molar-refractivity contribution in [2.45, 2.75) is 19.9 Å². The normalized spacial score (nSPS) is 23.0. The Kier molecular flexibility index (Phi) is 2.49. The quantitative estimate of drug-likeness (QED) is 0.495. The molecule has 2 nitrogen and oxygen atoms in total. The van der Waals surface area contributed by atoms with Crippen molar-refractivity contribution in [1.29, 1.82) is 0 Å². The average molecular weight is 127 g/mol. The Balaban J connectivity index is 2.23. The van der Waals surface area contributed by atoms with Gasteiger partial charge in [0, 0.05) is 32.2 Å². The van der Waals surface area contributed by atoms with Crippen LogP contribution in [-0.4, -0.2) is 37.1 Å². The highest BCUT2D eigenvalue weighted by Crippen LogP contribution is 1.98. The van der Waals surface area contributed by atoms with Crippen LogP contribution >= 0.6 is 0 Å². The fourth-order valence-electron chi connectivity index (χ4n) is 1.14. The second kappa shape index (κ2) is 3.18. The van der Waals surface area contributed by atoms with Crippen LogP contribution < -0.4 is 5.32 Å². The Morgan fingerprint density at radius 2 is 1.78 bits per heavy atom. The van der Waals surface area contributed by atoms with Gasteiger partial charge in [0.25, 0.3) is 0 Å². The van der Waals surface area contributed by atoms with Crippen molar-refractivity contribution in [3.05, 3.63) is 0 Å². The zero-order valence-electron chi connectivity index (χ0n) is 6.30. The molecule has 0 unspecified atom stereocenters. The molecular formula is C7H15N2. The van der Waals surface area contributed by atoms with E-state index in [2.05, 4.69) is 24.1 Å². The molecule has 0 saturated carbocycles. The summed E-state index contributed by atoms with van der Waals surface area (Å²) in [4.78, 5) is 2.47. The highest BCUT2D eigenvalue weighted by atomic mass is 15.2. The van der Waals surface area contributed by atoms with E-state index in [0.717, 1.165) is 26.2 Å². The van der Waals surface area contributed by atoms with Gasteiger partial charge in [-0.1, -0.05) is 0 Å². The lowest BCUT2D eigenvalue weighted by atomic mass is 10.3. The first kappa shape index (κ1) is 7.03. The first-order chi connectivity index (χ1) is 4.30. The largest absolute Gasteiger partial charge is 0.298 e. The molecule has 1 rings (SSSR count). The molecule has 0 spiro atoms. The number of hydrogen-bond acceptors (Lipinski definition) is 1. The summed E-state index contributed by atoms with van der Waals surface area (Å²) in [5.41, 5.74) is 0. The smallest absolute Gasteiger partial charge is 0.0261 e. The van der Waals surface area contributed by atoms with Crippen LogP contribution in [0, 0.1) is 0 Å². The van der Waals surface area contributed by atoms with Crippen LogP contribution in [0.25, 0.3) is 0 Å². The first-order valence-corrected chi connectivity index (χ1v) is 3.68. The molecule has 1 heterocycles. The summed E-state index contributed by atoms with van der Waals surface area (Å²) in [6.07, 6.45) is 0. The molecule has 0 aliphatic carbocycles. The lowest BCUT2D eigenvalue weighted by Crippen LogP contribution is -2.43.